The minimum absolute atomic E-state index is 0.0698. The van der Waals surface area contributed by atoms with E-state index in [1.54, 1.807) is 19.9 Å². The van der Waals surface area contributed by atoms with E-state index in [1.165, 1.54) is 12.1 Å². The topological polar surface area (TPSA) is 81.5 Å². The normalized spacial score (nSPS) is 11.7. The van der Waals surface area contributed by atoms with Gasteiger partial charge in [-0.2, -0.15) is 0 Å². The molecule has 0 aromatic heterocycles. The second kappa shape index (κ2) is 7.34. The fourth-order valence-corrected chi connectivity index (χ4v) is 2.46. The zero-order valence-electron chi connectivity index (χ0n) is 15.0. The number of aryl methyl sites for hydroxylation is 3. The van der Waals surface area contributed by atoms with Gasteiger partial charge in [0.05, 0.1) is 10.6 Å². The molecule has 1 atom stereocenters. The standard InChI is InChI=1S/C19H22N2O4/c1-11-8-13(3)14(4)18(9-11)25-15(5)19(22)20-17-10-16(21(23)24)7-6-12(17)2/h6-10,15H,1-5H3,(H,20,22)/t15-/m0/s1. The van der Waals surface area contributed by atoms with Gasteiger partial charge in [-0.1, -0.05) is 12.1 Å². The van der Waals surface area contributed by atoms with Crippen molar-refractivity contribution in [2.75, 3.05) is 5.32 Å². The van der Waals surface area contributed by atoms with Gasteiger partial charge in [0.15, 0.2) is 6.10 Å². The predicted octanol–water partition coefficient (Wildman–Crippen LogP) is 4.23. The predicted molar refractivity (Wildman–Crippen MR) is 97.2 cm³/mol. The summed E-state index contributed by atoms with van der Waals surface area (Å²) in [6.45, 7) is 9.33. The number of nitrogens with zero attached hydrogens (tertiary/aromatic N) is 1. The van der Waals surface area contributed by atoms with Crippen LogP contribution in [0, 0.1) is 37.8 Å². The molecule has 2 aromatic rings. The second-order valence-electron chi connectivity index (χ2n) is 6.21. The van der Waals surface area contributed by atoms with Gasteiger partial charge in [0, 0.05) is 12.1 Å². The van der Waals surface area contributed by atoms with E-state index in [0.717, 1.165) is 22.3 Å². The molecule has 25 heavy (non-hydrogen) atoms. The highest BCUT2D eigenvalue weighted by molar-refractivity contribution is 5.95. The Labute approximate surface area is 147 Å². The van der Waals surface area contributed by atoms with Crippen LogP contribution in [0.1, 0.15) is 29.2 Å². The summed E-state index contributed by atoms with van der Waals surface area (Å²) in [5.41, 5.74) is 4.22. The van der Waals surface area contributed by atoms with Crippen LogP contribution in [0.5, 0.6) is 5.75 Å². The zero-order chi connectivity index (χ0) is 18.7. The van der Waals surface area contributed by atoms with Crippen LogP contribution in [0.15, 0.2) is 30.3 Å². The molecule has 0 spiro atoms. The molecule has 2 rings (SSSR count). The van der Waals surface area contributed by atoms with Gasteiger partial charge in [-0.25, -0.2) is 0 Å². The molecule has 0 unspecified atom stereocenters. The van der Waals surface area contributed by atoms with Crippen LogP contribution in [0.3, 0.4) is 0 Å². The molecule has 2 aromatic carbocycles. The maximum Gasteiger partial charge on any atom is 0.271 e. The number of carbonyl (C=O) groups is 1. The lowest BCUT2D eigenvalue weighted by Gasteiger charge is -2.18. The van der Waals surface area contributed by atoms with E-state index in [2.05, 4.69) is 11.4 Å². The summed E-state index contributed by atoms with van der Waals surface area (Å²) in [6.07, 6.45) is -0.737. The van der Waals surface area contributed by atoms with Crippen molar-refractivity contribution in [2.45, 2.75) is 40.7 Å². The molecule has 6 nitrogen and oxygen atoms in total. The molecule has 1 amide bonds. The molecular weight excluding hydrogens is 320 g/mol. The Balaban J connectivity index is 2.16. The summed E-state index contributed by atoms with van der Waals surface area (Å²) in [6, 6.07) is 8.31. The van der Waals surface area contributed by atoms with Crippen molar-refractivity contribution < 1.29 is 14.5 Å². The molecule has 0 saturated heterocycles. The van der Waals surface area contributed by atoms with E-state index in [1.807, 2.05) is 26.8 Å². The molecule has 1 N–H and O–H groups in total. The van der Waals surface area contributed by atoms with Crippen LogP contribution in [-0.2, 0) is 4.79 Å². The Bertz CT molecular complexity index is 830. The lowest BCUT2D eigenvalue weighted by atomic mass is 10.1. The van der Waals surface area contributed by atoms with Gasteiger partial charge in [0.1, 0.15) is 5.75 Å². The summed E-state index contributed by atoms with van der Waals surface area (Å²) >= 11 is 0. The molecule has 0 aliphatic rings. The molecule has 0 saturated carbocycles. The fraction of sp³-hybridized carbons (Fsp3) is 0.316. The van der Waals surface area contributed by atoms with Crippen molar-refractivity contribution in [1.82, 2.24) is 0 Å². The van der Waals surface area contributed by atoms with Crippen molar-refractivity contribution in [3.05, 3.63) is 62.7 Å². The van der Waals surface area contributed by atoms with E-state index in [-0.39, 0.29) is 11.6 Å². The highest BCUT2D eigenvalue weighted by Gasteiger charge is 2.18. The van der Waals surface area contributed by atoms with Gasteiger partial charge in [-0.05, 0) is 62.9 Å². The molecule has 0 aliphatic carbocycles. The van der Waals surface area contributed by atoms with Crippen LogP contribution < -0.4 is 10.1 Å². The van der Waals surface area contributed by atoms with E-state index < -0.39 is 11.0 Å². The van der Waals surface area contributed by atoms with Gasteiger partial charge < -0.3 is 10.1 Å². The first-order chi connectivity index (χ1) is 11.7. The molecule has 0 radical (unpaired) electrons. The number of benzene rings is 2. The molecule has 0 bridgehead atoms. The Morgan fingerprint density at radius 3 is 2.44 bits per heavy atom. The third-order valence-electron chi connectivity index (χ3n) is 4.13. The first-order valence-electron chi connectivity index (χ1n) is 7.99. The van der Waals surface area contributed by atoms with Gasteiger partial charge in [-0.3, -0.25) is 14.9 Å². The third kappa shape index (κ3) is 4.35. The number of ether oxygens (including phenoxy) is 1. The number of carbonyl (C=O) groups excluding carboxylic acids is 1. The minimum Gasteiger partial charge on any atom is -0.481 e. The van der Waals surface area contributed by atoms with E-state index in [4.69, 9.17) is 4.74 Å². The minimum atomic E-state index is -0.737. The number of rotatable bonds is 5. The van der Waals surface area contributed by atoms with Gasteiger partial charge >= 0.3 is 0 Å². The summed E-state index contributed by atoms with van der Waals surface area (Å²) in [4.78, 5) is 22.8. The first kappa shape index (κ1) is 18.4. The average Bonchev–Trinajstić information content (AvgIpc) is 2.53. The second-order valence-corrected chi connectivity index (χ2v) is 6.21. The van der Waals surface area contributed by atoms with Crippen LogP contribution in [-0.4, -0.2) is 16.9 Å². The molecule has 132 valence electrons. The number of non-ortho nitro benzene ring substituents is 1. The van der Waals surface area contributed by atoms with Crippen molar-refractivity contribution in [3.63, 3.8) is 0 Å². The average molecular weight is 342 g/mol. The third-order valence-corrected chi connectivity index (χ3v) is 4.13. The lowest BCUT2D eigenvalue weighted by Crippen LogP contribution is -2.30. The Hall–Kier alpha value is -2.89. The maximum atomic E-state index is 12.4. The number of nitro benzene ring substituents is 1. The van der Waals surface area contributed by atoms with E-state index in [9.17, 15) is 14.9 Å². The van der Waals surface area contributed by atoms with Crippen molar-refractivity contribution >= 4 is 17.3 Å². The fourth-order valence-electron chi connectivity index (χ4n) is 2.46. The van der Waals surface area contributed by atoms with Gasteiger partial charge in [0.25, 0.3) is 11.6 Å². The summed E-state index contributed by atoms with van der Waals surface area (Å²) in [5.74, 6) is 0.304. The van der Waals surface area contributed by atoms with E-state index >= 15 is 0 Å². The van der Waals surface area contributed by atoms with E-state index in [0.29, 0.717) is 11.4 Å². The number of hydrogen-bond acceptors (Lipinski definition) is 4. The molecule has 0 heterocycles. The van der Waals surface area contributed by atoms with Crippen LogP contribution in [0.4, 0.5) is 11.4 Å². The molecule has 0 fully saturated rings. The Morgan fingerprint density at radius 2 is 1.80 bits per heavy atom. The first-order valence-corrected chi connectivity index (χ1v) is 7.99. The number of hydrogen-bond donors (Lipinski definition) is 1. The van der Waals surface area contributed by atoms with Crippen LogP contribution in [0.2, 0.25) is 0 Å². The van der Waals surface area contributed by atoms with Crippen molar-refractivity contribution in [1.29, 1.82) is 0 Å². The highest BCUT2D eigenvalue weighted by atomic mass is 16.6. The largest absolute Gasteiger partial charge is 0.481 e. The molecule has 0 aliphatic heterocycles. The van der Waals surface area contributed by atoms with Crippen LogP contribution >= 0.6 is 0 Å². The lowest BCUT2D eigenvalue weighted by molar-refractivity contribution is -0.384. The molecule has 6 heteroatoms. The highest BCUT2D eigenvalue weighted by Crippen LogP contribution is 2.25. The van der Waals surface area contributed by atoms with Gasteiger partial charge in [0.2, 0.25) is 0 Å². The molecular formula is C19H22N2O4. The van der Waals surface area contributed by atoms with Gasteiger partial charge in [-0.15, -0.1) is 0 Å². The number of nitro groups is 1. The quantitative estimate of drug-likeness (QED) is 0.651. The Morgan fingerprint density at radius 1 is 1.12 bits per heavy atom. The maximum absolute atomic E-state index is 12.4. The number of amides is 1. The smallest absolute Gasteiger partial charge is 0.271 e. The van der Waals surface area contributed by atoms with Crippen molar-refractivity contribution in [3.8, 4) is 5.75 Å². The Kier molecular flexibility index (Phi) is 5.41. The SMILES string of the molecule is Cc1cc(C)c(C)c(O[C@@H](C)C(=O)Nc2cc([N+](=O)[O-])ccc2C)c1. The number of nitrogens with one attached hydrogen (secondary N) is 1. The summed E-state index contributed by atoms with van der Waals surface area (Å²) in [5, 5.41) is 13.6. The monoisotopic (exact) mass is 342 g/mol. The summed E-state index contributed by atoms with van der Waals surface area (Å²) in [7, 11) is 0. The summed E-state index contributed by atoms with van der Waals surface area (Å²) < 4.78 is 5.81. The number of anilines is 1. The zero-order valence-corrected chi connectivity index (χ0v) is 15.0. The van der Waals surface area contributed by atoms with Crippen LogP contribution in [0.25, 0.3) is 0 Å². The van der Waals surface area contributed by atoms with Crippen molar-refractivity contribution in [2.24, 2.45) is 0 Å².